The Bertz CT molecular complexity index is 796. The lowest BCUT2D eigenvalue weighted by molar-refractivity contribution is -0.143. The molecule has 1 aromatic carbocycles. The summed E-state index contributed by atoms with van der Waals surface area (Å²) in [6.07, 6.45) is 3.27. The molecule has 7 nitrogen and oxygen atoms in total. The second-order valence-electron chi connectivity index (χ2n) is 5.17. The van der Waals surface area contributed by atoms with Crippen molar-refractivity contribution in [2.45, 2.75) is 19.9 Å². The molecular formula is C16H21NO6S. The number of hydrogen-bond acceptors (Lipinski definition) is 6. The van der Waals surface area contributed by atoms with Crippen LogP contribution in [0.1, 0.15) is 13.3 Å². The van der Waals surface area contributed by atoms with Gasteiger partial charge in [0.15, 0.2) is 0 Å². The Morgan fingerprint density at radius 2 is 2.00 bits per heavy atom. The van der Waals surface area contributed by atoms with E-state index in [9.17, 15) is 13.2 Å². The van der Waals surface area contributed by atoms with Gasteiger partial charge in [-0.15, -0.1) is 0 Å². The fourth-order valence-electron chi connectivity index (χ4n) is 2.26. The van der Waals surface area contributed by atoms with Gasteiger partial charge in [-0.25, -0.2) is 0 Å². The van der Waals surface area contributed by atoms with Crippen LogP contribution in [-0.2, 0) is 30.4 Å². The number of carbonyl (C=O) groups excluding carboxylic acids is 1. The minimum atomic E-state index is -3.42. The van der Waals surface area contributed by atoms with E-state index in [1.54, 1.807) is 17.7 Å². The zero-order valence-electron chi connectivity index (χ0n) is 13.7. The molecule has 0 bridgehead atoms. The van der Waals surface area contributed by atoms with E-state index in [4.69, 9.17) is 9.47 Å². The second-order valence-corrected chi connectivity index (χ2v) is 6.81. The van der Waals surface area contributed by atoms with Crippen molar-refractivity contribution in [2.24, 2.45) is 0 Å². The monoisotopic (exact) mass is 355 g/mol. The maximum atomic E-state index is 11.6. The maximum Gasteiger partial charge on any atom is 0.325 e. The van der Waals surface area contributed by atoms with Gasteiger partial charge >= 0.3 is 5.97 Å². The van der Waals surface area contributed by atoms with Gasteiger partial charge in [0, 0.05) is 18.0 Å². The van der Waals surface area contributed by atoms with Crippen LogP contribution in [-0.4, -0.2) is 45.0 Å². The molecule has 0 N–H and O–H groups in total. The molecule has 24 heavy (non-hydrogen) atoms. The first kappa shape index (κ1) is 18.3. The van der Waals surface area contributed by atoms with Crippen LogP contribution >= 0.6 is 0 Å². The average molecular weight is 355 g/mol. The lowest BCUT2D eigenvalue weighted by atomic mass is 10.2. The highest BCUT2D eigenvalue weighted by atomic mass is 32.2. The third-order valence-corrected chi connectivity index (χ3v) is 3.82. The molecule has 0 atom stereocenters. The SMILES string of the molecule is CCOC(=O)Cn1ccc2c(OCCCOS(C)(=O)=O)cccc21. The van der Waals surface area contributed by atoms with Crippen molar-refractivity contribution in [1.82, 2.24) is 4.57 Å². The van der Waals surface area contributed by atoms with Crippen LogP contribution < -0.4 is 4.74 Å². The van der Waals surface area contributed by atoms with Crippen molar-refractivity contribution in [3.63, 3.8) is 0 Å². The number of fused-ring (bicyclic) bond motifs is 1. The predicted octanol–water partition coefficient (Wildman–Crippen LogP) is 1.95. The van der Waals surface area contributed by atoms with Crippen LogP contribution in [0.2, 0.25) is 0 Å². The van der Waals surface area contributed by atoms with Crippen LogP contribution in [0.3, 0.4) is 0 Å². The number of benzene rings is 1. The summed E-state index contributed by atoms with van der Waals surface area (Å²) >= 11 is 0. The molecule has 1 aromatic heterocycles. The molecule has 0 aliphatic rings. The van der Waals surface area contributed by atoms with Crippen molar-refractivity contribution >= 4 is 27.0 Å². The van der Waals surface area contributed by atoms with Crippen molar-refractivity contribution in [3.05, 3.63) is 30.5 Å². The largest absolute Gasteiger partial charge is 0.493 e. The second kappa shape index (κ2) is 8.16. The van der Waals surface area contributed by atoms with E-state index in [2.05, 4.69) is 4.18 Å². The van der Waals surface area contributed by atoms with Gasteiger partial charge in [-0.3, -0.25) is 8.98 Å². The van der Waals surface area contributed by atoms with Crippen LogP contribution in [0.5, 0.6) is 5.75 Å². The summed E-state index contributed by atoms with van der Waals surface area (Å²) in [6.45, 7) is 2.67. The van der Waals surface area contributed by atoms with Crippen molar-refractivity contribution in [1.29, 1.82) is 0 Å². The first-order valence-corrected chi connectivity index (χ1v) is 9.43. The van der Waals surface area contributed by atoms with E-state index in [0.29, 0.717) is 25.4 Å². The van der Waals surface area contributed by atoms with Crippen LogP contribution in [0.15, 0.2) is 30.5 Å². The molecule has 8 heteroatoms. The first-order valence-electron chi connectivity index (χ1n) is 7.61. The summed E-state index contributed by atoms with van der Waals surface area (Å²) in [4.78, 5) is 11.6. The van der Waals surface area contributed by atoms with E-state index in [1.165, 1.54) is 0 Å². The van der Waals surface area contributed by atoms with E-state index in [0.717, 1.165) is 17.2 Å². The van der Waals surface area contributed by atoms with Crippen LogP contribution in [0, 0.1) is 0 Å². The summed E-state index contributed by atoms with van der Waals surface area (Å²) in [5.74, 6) is 0.383. The zero-order chi connectivity index (χ0) is 17.6. The molecule has 0 saturated carbocycles. The van der Waals surface area contributed by atoms with Crippen molar-refractivity contribution in [3.8, 4) is 5.75 Å². The van der Waals surface area contributed by atoms with E-state index < -0.39 is 10.1 Å². The quantitative estimate of drug-likeness (QED) is 0.388. The molecule has 0 amide bonds. The lowest BCUT2D eigenvalue weighted by Gasteiger charge is -2.09. The number of carbonyl (C=O) groups is 1. The van der Waals surface area contributed by atoms with E-state index in [1.807, 2.05) is 24.3 Å². The molecule has 132 valence electrons. The molecule has 0 aliphatic carbocycles. The minimum absolute atomic E-state index is 0.0820. The molecule has 0 fully saturated rings. The standard InChI is InChI=1S/C16H21NO6S/c1-3-21-16(18)12-17-9-8-13-14(17)6-4-7-15(13)22-10-5-11-23-24(2,19)20/h4,6-9H,3,5,10-12H2,1-2H3. The smallest absolute Gasteiger partial charge is 0.325 e. The van der Waals surface area contributed by atoms with Crippen LogP contribution in [0.25, 0.3) is 10.9 Å². The van der Waals surface area contributed by atoms with Gasteiger partial charge in [-0.2, -0.15) is 8.42 Å². The van der Waals surface area contributed by atoms with Crippen molar-refractivity contribution in [2.75, 3.05) is 26.1 Å². The Morgan fingerprint density at radius 3 is 2.71 bits per heavy atom. The average Bonchev–Trinajstić information content (AvgIpc) is 2.90. The van der Waals surface area contributed by atoms with Gasteiger partial charge in [0.2, 0.25) is 0 Å². The van der Waals surface area contributed by atoms with Gasteiger partial charge in [0.25, 0.3) is 10.1 Å². The third-order valence-electron chi connectivity index (χ3n) is 3.22. The van der Waals surface area contributed by atoms with Gasteiger partial charge in [-0.1, -0.05) is 6.07 Å². The summed E-state index contributed by atoms with van der Waals surface area (Å²) in [6, 6.07) is 7.44. The fourth-order valence-corrected chi connectivity index (χ4v) is 2.68. The van der Waals surface area contributed by atoms with Gasteiger partial charge < -0.3 is 14.0 Å². The topological polar surface area (TPSA) is 83.8 Å². The summed E-state index contributed by atoms with van der Waals surface area (Å²) in [7, 11) is -3.42. The highest BCUT2D eigenvalue weighted by Crippen LogP contribution is 2.26. The normalized spacial score (nSPS) is 11.6. The Balaban J connectivity index is 1.99. The van der Waals surface area contributed by atoms with E-state index >= 15 is 0 Å². The lowest BCUT2D eigenvalue weighted by Crippen LogP contribution is -2.12. The number of esters is 1. The molecule has 0 unspecified atom stereocenters. The van der Waals surface area contributed by atoms with Gasteiger partial charge in [-0.05, 0) is 25.1 Å². The Hall–Kier alpha value is -2.06. The highest BCUT2D eigenvalue weighted by Gasteiger charge is 2.10. The first-order chi connectivity index (χ1) is 11.4. The predicted molar refractivity (Wildman–Crippen MR) is 89.5 cm³/mol. The molecule has 0 saturated heterocycles. The summed E-state index contributed by atoms with van der Waals surface area (Å²) in [5.41, 5.74) is 0.868. The molecule has 0 spiro atoms. The summed E-state index contributed by atoms with van der Waals surface area (Å²) in [5, 5.41) is 0.880. The molecule has 0 radical (unpaired) electrons. The van der Waals surface area contributed by atoms with Gasteiger partial charge in [0.05, 0.1) is 31.6 Å². The molecule has 1 heterocycles. The maximum absolute atomic E-state index is 11.6. The van der Waals surface area contributed by atoms with Crippen LogP contribution in [0.4, 0.5) is 0 Å². The van der Waals surface area contributed by atoms with Crippen molar-refractivity contribution < 1.29 is 26.9 Å². The molecule has 0 aliphatic heterocycles. The fraction of sp³-hybridized carbons (Fsp3) is 0.438. The number of rotatable bonds is 9. The molecule has 2 aromatic rings. The highest BCUT2D eigenvalue weighted by molar-refractivity contribution is 7.85. The number of ether oxygens (including phenoxy) is 2. The summed E-state index contributed by atoms with van der Waals surface area (Å²) < 4.78 is 38.9. The number of nitrogens with zero attached hydrogens (tertiary/aromatic N) is 1. The Kier molecular flexibility index (Phi) is 6.22. The number of aromatic nitrogens is 1. The minimum Gasteiger partial charge on any atom is -0.493 e. The molecular weight excluding hydrogens is 334 g/mol. The Morgan fingerprint density at radius 1 is 1.21 bits per heavy atom. The van der Waals surface area contributed by atoms with Gasteiger partial charge in [0.1, 0.15) is 12.3 Å². The third kappa shape index (κ3) is 5.24. The Labute approximate surface area is 141 Å². The number of hydrogen-bond donors (Lipinski definition) is 0. The van der Waals surface area contributed by atoms with E-state index in [-0.39, 0.29) is 19.1 Å². The zero-order valence-corrected chi connectivity index (χ0v) is 14.5. The molecule has 2 rings (SSSR count).